The van der Waals surface area contributed by atoms with Crippen LogP contribution in [0.2, 0.25) is 5.02 Å². The minimum atomic E-state index is -1.25. The summed E-state index contributed by atoms with van der Waals surface area (Å²) in [5.74, 6) is -3.78. The number of carbonyl (C=O) groups is 1. The van der Waals surface area contributed by atoms with Crippen molar-refractivity contribution in [3.05, 3.63) is 70.0 Å². The predicted octanol–water partition coefficient (Wildman–Crippen LogP) is 3.99. The van der Waals surface area contributed by atoms with E-state index < -0.39 is 28.8 Å². The molecule has 0 heterocycles. The Morgan fingerprint density at radius 3 is 2.39 bits per heavy atom. The van der Waals surface area contributed by atoms with Crippen molar-refractivity contribution in [1.29, 1.82) is 0 Å². The molecule has 0 aliphatic carbocycles. The Labute approximate surface area is 106 Å². The Hall–Kier alpha value is -1.81. The van der Waals surface area contributed by atoms with Gasteiger partial charge in [0, 0.05) is 5.56 Å². The first-order valence-electron chi connectivity index (χ1n) is 4.94. The molecule has 2 rings (SSSR count). The van der Waals surface area contributed by atoms with Crippen LogP contribution in [0.4, 0.5) is 13.2 Å². The summed E-state index contributed by atoms with van der Waals surface area (Å²) in [4.78, 5) is 11.9. The van der Waals surface area contributed by atoms with Crippen molar-refractivity contribution in [2.24, 2.45) is 0 Å². The van der Waals surface area contributed by atoms with Gasteiger partial charge in [-0.05, 0) is 30.3 Å². The standard InChI is InChI=1S/C13H6ClF3O/c14-10-6-7(15)4-5-8(10)13(18)9-2-1-3-11(16)12(9)17/h1-6H. The second-order valence-electron chi connectivity index (χ2n) is 3.55. The van der Waals surface area contributed by atoms with E-state index in [4.69, 9.17) is 11.6 Å². The molecule has 0 radical (unpaired) electrons. The van der Waals surface area contributed by atoms with Crippen LogP contribution in [0, 0.1) is 17.5 Å². The second kappa shape index (κ2) is 4.82. The van der Waals surface area contributed by atoms with Crippen molar-refractivity contribution < 1.29 is 18.0 Å². The summed E-state index contributed by atoms with van der Waals surface area (Å²) >= 11 is 5.69. The molecule has 5 heteroatoms. The van der Waals surface area contributed by atoms with Crippen molar-refractivity contribution >= 4 is 17.4 Å². The lowest BCUT2D eigenvalue weighted by atomic mass is 10.0. The van der Waals surface area contributed by atoms with Crippen LogP contribution >= 0.6 is 11.6 Å². The SMILES string of the molecule is O=C(c1ccc(F)cc1Cl)c1cccc(F)c1F. The minimum absolute atomic E-state index is 0.0810. The van der Waals surface area contributed by atoms with E-state index in [0.717, 1.165) is 30.3 Å². The van der Waals surface area contributed by atoms with Gasteiger partial charge in [0.2, 0.25) is 0 Å². The molecular weight excluding hydrogens is 265 g/mol. The van der Waals surface area contributed by atoms with Gasteiger partial charge >= 0.3 is 0 Å². The van der Waals surface area contributed by atoms with Gasteiger partial charge < -0.3 is 0 Å². The maximum atomic E-state index is 13.4. The van der Waals surface area contributed by atoms with Crippen LogP contribution in [-0.2, 0) is 0 Å². The third kappa shape index (κ3) is 2.24. The van der Waals surface area contributed by atoms with E-state index in [1.807, 2.05) is 0 Å². The third-order valence-electron chi connectivity index (χ3n) is 2.37. The summed E-state index contributed by atoms with van der Waals surface area (Å²) in [6.45, 7) is 0. The highest BCUT2D eigenvalue weighted by Crippen LogP contribution is 2.22. The summed E-state index contributed by atoms with van der Waals surface area (Å²) in [7, 11) is 0. The van der Waals surface area contributed by atoms with Gasteiger partial charge in [0.05, 0.1) is 10.6 Å². The number of rotatable bonds is 2. The highest BCUT2D eigenvalue weighted by atomic mass is 35.5. The lowest BCUT2D eigenvalue weighted by Gasteiger charge is -2.05. The Kier molecular flexibility index (Phi) is 3.39. The number of ketones is 1. The van der Waals surface area contributed by atoms with Gasteiger partial charge in [0.25, 0.3) is 0 Å². The summed E-state index contributed by atoms with van der Waals surface area (Å²) in [6.07, 6.45) is 0. The highest BCUT2D eigenvalue weighted by Gasteiger charge is 2.19. The minimum Gasteiger partial charge on any atom is -0.288 e. The number of hydrogen-bond acceptors (Lipinski definition) is 1. The number of hydrogen-bond donors (Lipinski definition) is 0. The van der Waals surface area contributed by atoms with Gasteiger partial charge in [-0.1, -0.05) is 17.7 Å². The maximum Gasteiger partial charge on any atom is 0.197 e. The molecule has 0 saturated carbocycles. The number of halogens is 4. The lowest BCUT2D eigenvalue weighted by molar-refractivity contribution is 0.103. The van der Waals surface area contributed by atoms with Crippen LogP contribution in [0.5, 0.6) is 0 Å². The third-order valence-corrected chi connectivity index (χ3v) is 2.68. The normalized spacial score (nSPS) is 10.4. The summed E-state index contributed by atoms with van der Waals surface area (Å²) in [5, 5.41) is -0.149. The molecular formula is C13H6ClF3O. The van der Waals surface area contributed by atoms with Gasteiger partial charge in [0.15, 0.2) is 17.4 Å². The number of carbonyl (C=O) groups excluding carboxylic acids is 1. The predicted molar refractivity (Wildman–Crippen MR) is 61.2 cm³/mol. The maximum absolute atomic E-state index is 13.4. The van der Waals surface area contributed by atoms with Crippen LogP contribution in [0.25, 0.3) is 0 Å². The zero-order valence-electron chi connectivity index (χ0n) is 8.88. The van der Waals surface area contributed by atoms with E-state index in [1.54, 1.807) is 0 Å². The number of benzene rings is 2. The van der Waals surface area contributed by atoms with Crippen molar-refractivity contribution in [1.82, 2.24) is 0 Å². The fourth-order valence-corrected chi connectivity index (χ4v) is 1.75. The van der Waals surface area contributed by atoms with Gasteiger partial charge in [0.1, 0.15) is 5.82 Å². The lowest BCUT2D eigenvalue weighted by Crippen LogP contribution is -2.06. The molecule has 0 fully saturated rings. The van der Waals surface area contributed by atoms with E-state index in [1.165, 1.54) is 6.07 Å². The van der Waals surface area contributed by atoms with Crippen LogP contribution < -0.4 is 0 Å². The van der Waals surface area contributed by atoms with Crippen molar-refractivity contribution in [3.63, 3.8) is 0 Å². The highest BCUT2D eigenvalue weighted by molar-refractivity contribution is 6.35. The second-order valence-corrected chi connectivity index (χ2v) is 3.96. The van der Waals surface area contributed by atoms with Gasteiger partial charge in [-0.15, -0.1) is 0 Å². The molecule has 92 valence electrons. The monoisotopic (exact) mass is 270 g/mol. The van der Waals surface area contributed by atoms with E-state index in [-0.39, 0.29) is 10.6 Å². The van der Waals surface area contributed by atoms with Crippen LogP contribution in [0.15, 0.2) is 36.4 Å². The molecule has 2 aromatic carbocycles. The molecule has 1 nitrogen and oxygen atoms in total. The van der Waals surface area contributed by atoms with Crippen molar-refractivity contribution in [2.75, 3.05) is 0 Å². The molecule has 0 N–H and O–H groups in total. The van der Waals surface area contributed by atoms with Gasteiger partial charge in [-0.2, -0.15) is 0 Å². The van der Waals surface area contributed by atoms with Crippen LogP contribution in [0.3, 0.4) is 0 Å². The molecule has 0 spiro atoms. The molecule has 2 aromatic rings. The smallest absolute Gasteiger partial charge is 0.197 e. The summed E-state index contributed by atoms with van der Waals surface area (Å²) < 4.78 is 39.3. The molecule has 0 aliphatic rings. The van der Waals surface area contributed by atoms with E-state index >= 15 is 0 Å². The molecule has 0 aliphatic heterocycles. The first kappa shape index (κ1) is 12.6. The van der Waals surface area contributed by atoms with E-state index in [0.29, 0.717) is 0 Å². The van der Waals surface area contributed by atoms with Crippen molar-refractivity contribution in [3.8, 4) is 0 Å². The topological polar surface area (TPSA) is 17.1 Å². The van der Waals surface area contributed by atoms with Crippen LogP contribution in [-0.4, -0.2) is 5.78 Å². The first-order valence-corrected chi connectivity index (χ1v) is 5.32. The molecule has 0 atom stereocenters. The van der Waals surface area contributed by atoms with E-state index in [9.17, 15) is 18.0 Å². The molecule has 0 aromatic heterocycles. The van der Waals surface area contributed by atoms with Gasteiger partial charge in [-0.3, -0.25) is 4.79 Å². The molecule has 0 unspecified atom stereocenters. The van der Waals surface area contributed by atoms with Crippen molar-refractivity contribution in [2.45, 2.75) is 0 Å². The van der Waals surface area contributed by atoms with E-state index in [2.05, 4.69) is 0 Å². The molecule has 18 heavy (non-hydrogen) atoms. The quantitative estimate of drug-likeness (QED) is 0.754. The summed E-state index contributed by atoms with van der Waals surface area (Å²) in [5.41, 5.74) is -0.522. The molecule has 0 amide bonds. The van der Waals surface area contributed by atoms with Gasteiger partial charge in [-0.25, -0.2) is 13.2 Å². The average Bonchev–Trinajstić information content (AvgIpc) is 2.32. The zero-order chi connectivity index (χ0) is 13.3. The molecule has 0 saturated heterocycles. The van der Waals surface area contributed by atoms with Crippen LogP contribution in [0.1, 0.15) is 15.9 Å². The fraction of sp³-hybridized carbons (Fsp3) is 0. The Balaban J connectivity index is 2.51. The fourth-order valence-electron chi connectivity index (χ4n) is 1.50. The molecule has 0 bridgehead atoms. The first-order chi connectivity index (χ1) is 8.50. The summed E-state index contributed by atoms with van der Waals surface area (Å²) in [6, 6.07) is 6.34. The largest absolute Gasteiger partial charge is 0.288 e. The Morgan fingerprint density at radius 1 is 1.00 bits per heavy atom. The Bertz CT molecular complexity index is 626. The average molecular weight is 271 g/mol. The zero-order valence-corrected chi connectivity index (χ0v) is 9.64. The Morgan fingerprint density at radius 2 is 1.72 bits per heavy atom.